The number of ether oxygens (including phenoxy) is 11. The van der Waals surface area contributed by atoms with E-state index in [-0.39, 0.29) is 73.4 Å². The van der Waals surface area contributed by atoms with Gasteiger partial charge in [0.2, 0.25) is 0 Å². The number of esters is 1. The summed E-state index contributed by atoms with van der Waals surface area (Å²) < 4.78 is 71.1. The number of aliphatic hydroxyl groups excluding tert-OH is 1. The van der Waals surface area contributed by atoms with Gasteiger partial charge in [0.25, 0.3) is 0 Å². The Balaban J connectivity index is 1.00. The van der Waals surface area contributed by atoms with Gasteiger partial charge in [0, 0.05) is 40.1 Å². The summed E-state index contributed by atoms with van der Waals surface area (Å²) in [5.41, 5.74) is 2.11. The molecular weight excluding hydrogens is 688 g/mol. The third kappa shape index (κ3) is 6.87. The maximum atomic E-state index is 13.9. The quantitative estimate of drug-likeness (QED) is 0.332. The second-order valence-electron chi connectivity index (χ2n) is 17.1. The van der Waals surface area contributed by atoms with Gasteiger partial charge in [-0.15, -0.1) is 0 Å². The average Bonchev–Trinajstić information content (AvgIpc) is 3.72. The summed E-state index contributed by atoms with van der Waals surface area (Å²) in [4.78, 5) is 13.9. The molecule has 1 N–H and O–H groups in total. The molecule has 296 valence electrons. The van der Waals surface area contributed by atoms with Gasteiger partial charge in [-0.25, -0.2) is 0 Å². The molecule has 0 aromatic heterocycles. The van der Waals surface area contributed by atoms with Crippen molar-refractivity contribution in [2.24, 2.45) is 5.92 Å². The molecule has 1 spiro atoms. The predicted molar refractivity (Wildman–Crippen MR) is 186 cm³/mol. The summed E-state index contributed by atoms with van der Waals surface area (Å²) in [6.45, 7) is 11.5. The summed E-state index contributed by atoms with van der Waals surface area (Å²) in [5, 5.41) is 11.4. The van der Waals surface area contributed by atoms with Crippen molar-refractivity contribution < 1.29 is 62.0 Å². The van der Waals surface area contributed by atoms with Crippen LogP contribution in [0.2, 0.25) is 0 Å². The normalized spacial score (nSPS) is 52.5. The summed E-state index contributed by atoms with van der Waals surface area (Å²) in [7, 11) is 3.15. The first-order valence-electron chi connectivity index (χ1n) is 20.2. The molecule has 0 amide bonds. The molecule has 0 radical (unpaired) electrons. The Morgan fingerprint density at radius 3 is 2.34 bits per heavy atom. The van der Waals surface area contributed by atoms with Crippen LogP contribution in [0.25, 0.3) is 0 Å². The Morgan fingerprint density at radius 2 is 1.51 bits per heavy atom. The smallest absolute Gasteiger partial charge is 0.308 e. The first-order valence-corrected chi connectivity index (χ1v) is 20.2. The SMILES string of the molecule is C=C1C[C@@H]2CC[C@@]34C[C@@H]5O[C@@H]6C(O[C@H]7CC[C@H](CC(=O)O[C@@H]8[C@@H](OC)[C@H](O)[C@H](CCOC)O[C@H]8C[C@H]8O[C@@H](CC[C@@H]1O2)C[C@@H](C)C8=C)O[C@@H]7[C@@H]6O3)[C@H]5O4. The van der Waals surface area contributed by atoms with Crippen molar-refractivity contribution in [3.05, 3.63) is 24.3 Å². The molecule has 0 aromatic rings. The monoisotopic (exact) mass is 746 g/mol. The Kier molecular flexibility index (Phi) is 10.4. The zero-order chi connectivity index (χ0) is 36.6. The van der Waals surface area contributed by atoms with E-state index in [1.54, 1.807) is 7.11 Å². The molecule has 13 nitrogen and oxygen atoms in total. The van der Waals surface area contributed by atoms with E-state index in [4.69, 9.17) is 52.1 Å². The highest BCUT2D eigenvalue weighted by atomic mass is 16.8. The number of carbonyl (C=O) groups is 1. The Bertz CT molecular complexity index is 1390. The molecule has 10 fully saturated rings. The molecule has 53 heavy (non-hydrogen) atoms. The van der Waals surface area contributed by atoms with Gasteiger partial charge in [-0.05, 0) is 68.4 Å². The maximum absolute atomic E-state index is 13.9. The Morgan fingerprint density at radius 1 is 0.755 bits per heavy atom. The second kappa shape index (κ2) is 14.8. The lowest BCUT2D eigenvalue weighted by Crippen LogP contribution is -2.62. The minimum Gasteiger partial charge on any atom is -0.457 e. The van der Waals surface area contributed by atoms with Crippen LogP contribution in [0.3, 0.4) is 0 Å². The highest BCUT2D eigenvalue weighted by Gasteiger charge is 2.68. The van der Waals surface area contributed by atoms with E-state index in [2.05, 4.69) is 20.1 Å². The Labute approximate surface area is 312 Å². The van der Waals surface area contributed by atoms with Crippen LogP contribution < -0.4 is 0 Å². The van der Waals surface area contributed by atoms with Crippen LogP contribution in [0.5, 0.6) is 0 Å². The predicted octanol–water partition coefficient (Wildman–Crippen LogP) is 3.46. The highest BCUT2D eigenvalue weighted by molar-refractivity contribution is 5.70. The van der Waals surface area contributed by atoms with Crippen molar-refractivity contribution in [2.45, 2.75) is 194 Å². The summed E-state index contributed by atoms with van der Waals surface area (Å²) in [6.07, 6.45) is 1.13. The van der Waals surface area contributed by atoms with Crippen molar-refractivity contribution in [3.8, 4) is 0 Å². The lowest BCUT2D eigenvalue weighted by molar-refractivity contribution is -0.293. The van der Waals surface area contributed by atoms with E-state index in [9.17, 15) is 9.90 Å². The van der Waals surface area contributed by atoms with Gasteiger partial charge in [0.05, 0.1) is 55.3 Å². The number of carbonyl (C=O) groups excluding carboxylic acids is 1. The molecular formula is C40H58O13. The van der Waals surface area contributed by atoms with E-state index >= 15 is 0 Å². The molecule has 0 aromatic carbocycles. The van der Waals surface area contributed by atoms with Crippen LogP contribution in [-0.4, -0.2) is 141 Å². The van der Waals surface area contributed by atoms with Crippen molar-refractivity contribution in [3.63, 3.8) is 0 Å². The molecule has 12 bridgehead atoms. The first kappa shape index (κ1) is 37.1. The standard InChI is InChI=1S/C40H58O13/c1-19-14-22-6-8-25-20(2)15-24(45-25)10-12-40-18-30-35(52-40)37-38(50-30)39(53-40)33-27(49-37)9-7-23(47-33)16-31(41)51-34-29(17-28(46-22)21(19)3)48-26(11-13-43-4)32(42)36(34)44-5/h19,22-30,32-39,42H,2-3,6-18H2,1,4-5H3/t19-,22+,23-,24+,25+,26+,27+,28-,29+,30+,32-,33+,34+,35+,36+,37?,38-,39+,40+/m1/s1. The first-order chi connectivity index (χ1) is 25.6. The summed E-state index contributed by atoms with van der Waals surface area (Å²) in [5.74, 6) is -1.03. The molecule has 10 heterocycles. The van der Waals surface area contributed by atoms with Gasteiger partial charge in [0.15, 0.2) is 11.9 Å². The molecule has 10 aliphatic rings. The van der Waals surface area contributed by atoms with Crippen LogP contribution in [0.4, 0.5) is 0 Å². The number of aliphatic hydroxyl groups is 1. The van der Waals surface area contributed by atoms with E-state index < -0.39 is 54.5 Å². The second-order valence-corrected chi connectivity index (χ2v) is 17.1. The number of rotatable bonds is 4. The van der Waals surface area contributed by atoms with Gasteiger partial charge < -0.3 is 57.2 Å². The van der Waals surface area contributed by atoms with Crippen molar-refractivity contribution in [2.75, 3.05) is 20.8 Å². The van der Waals surface area contributed by atoms with Gasteiger partial charge in [-0.2, -0.15) is 0 Å². The van der Waals surface area contributed by atoms with Gasteiger partial charge >= 0.3 is 5.97 Å². The minimum absolute atomic E-state index is 0.0121. The number of fused-ring (bicyclic) bond motifs is 6. The largest absolute Gasteiger partial charge is 0.457 e. The van der Waals surface area contributed by atoms with Gasteiger partial charge in [0.1, 0.15) is 48.8 Å². The van der Waals surface area contributed by atoms with E-state index in [1.165, 1.54) is 7.11 Å². The van der Waals surface area contributed by atoms with Crippen molar-refractivity contribution >= 4 is 5.97 Å². The van der Waals surface area contributed by atoms with Crippen LogP contribution in [0.15, 0.2) is 24.3 Å². The summed E-state index contributed by atoms with van der Waals surface area (Å²) in [6, 6.07) is 0. The lowest BCUT2D eigenvalue weighted by atomic mass is 9.83. The summed E-state index contributed by atoms with van der Waals surface area (Å²) >= 11 is 0. The molecule has 0 aliphatic carbocycles. The Hall–Kier alpha value is -1.49. The fourth-order valence-electron chi connectivity index (χ4n) is 10.9. The van der Waals surface area contributed by atoms with Gasteiger partial charge in [-0.1, -0.05) is 20.1 Å². The van der Waals surface area contributed by atoms with E-state index in [0.29, 0.717) is 45.1 Å². The average molecular weight is 747 g/mol. The third-order valence-electron chi connectivity index (χ3n) is 13.7. The van der Waals surface area contributed by atoms with Crippen molar-refractivity contribution in [1.82, 2.24) is 0 Å². The molecule has 19 atom stereocenters. The van der Waals surface area contributed by atoms with E-state index in [0.717, 1.165) is 43.3 Å². The number of hydrogen-bond donors (Lipinski definition) is 1. The molecule has 0 saturated carbocycles. The zero-order valence-electron chi connectivity index (χ0n) is 31.3. The third-order valence-corrected chi connectivity index (χ3v) is 13.7. The topological polar surface area (TPSA) is 139 Å². The van der Waals surface area contributed by atoms with Gasteiger partial charge in [-0.3, -0.25) is 4.79 Å². The van der Waals surface area contributed by atoms with Crippen LogP contribution in [-0.2, 0) is 56.9 Å². The maximum Gasteiger partial charge on any atom is 0.308 e. The fourth-order valence-corrected chi connectivity index (χ4v) is 10.9. The lowest BCUT2D eigenvalue weighted by Gasteiger charge is -2.47. The number of methoxy groups -OCH3 is 2. The van der Waals surface area contributed by atoms with Crippen LogP contribution >= 0.6 is 0 Å². The molecule has 10 rings (SSSR count). The fraction of sp³-hybridized carbons (Fsp3) is 0.875. The molecule has 1 unspecified atom stereocenters. The minimum atomic E-state index is -1.03. The van der Waals surface area contributed by atoms with Crippen LogP contribution in [0.1, 0.15) is 84.0 Å². The molecule has 10 saturated heterocycles. The highest BCUT2D eigenvalue weighted by Crippen LogP contribution is 2.54. The van der Waals surface area contributed by atoms with E-state index in [1.807, 2.05) is 0 Å². The number of hydrogen-bond acceptors (Lipinski definition) is 13. The molecule has 10 aliphatic heterocycles. The van der Waals surface area contributed by atoms with Crippen molar-refractivity contribution in [1.29, 1.82) is 0 Å². The molecule has 13 heteroatoms. The zero-order valence-corrected chi connectivity index (χ0v) is 31.3. The van der Waals surface area contributed by atoms with Crippen LogP contribution in [0, 0.1) is 5.92 Å².